The Morgan fingerprint density at radius 1 is 0.429 bits per heavy atom. The number of fused-ring (bicyclic) bond motifs is 2. The van der Waals surface area contributed by atoms with Crippen LogP contribution in [0.5, 0.6) is 11.5 Å². The molecule has 2 heterocycles. The summed E-state index contributed by atoms with van der Waals surface area (Å²) in [5.74, 6) is 1.70. The van der Waals surface area contributed by atoms with Gasteiger partial charge in [-0.25, -0.2) is 0 Å². The molecule has 0 radical (unpaired) electrons. The van der Waals surface area contributed by atoms with E-state index in [-0.39, 0.29) is 35.6 Å². The number of unbranched alkanes of at least 4 members (excludes halogenated alkanes) is 3. The van der Waals surface area contributed by atoms with Gasteiger partial charge < -0.3 is 44.1 Å². The topological polar surface area (TPSA) is 62.2 Å². The van der Waals surface area contributed by atoms with Gasteiger partial charge in [0.15, 0.2) is 0 Å². The van der Waals surface area contributed by atoms with Crippen LogP contribution in [-0.2, 0) is 10.8 Å². The van der Waals surface area contributed by atoms with E-state index in [1.165, 1.54) is 33.9 Å². The molecule has 0 fully saturated rings. The predicted molar refractivity (Wildman–Crippen MR) is 286 cm³/mol. The monoisotopic (exact) mass is 978 g/mol. The molecule has 2 aliphatic heterocycles. The maximum atomic E-state index is 5.35. The summed E-state index contributed by atoms with van der Waals surface area (Å²) in [6.07, 6.45) is 8.60. The highest BCUT2D eigenvalue weighted by Crippen LogP contribution is 2.41. The van der Waals surface area contributed by atoms with Crippen molar-refractivity contribution >= 4 is 69.4 Å². The second-order valence-corrected chi connectivity index (χ2v) is 18.9. The van der Waals surface area contributed by atoms with Crippen molar-refractivity contribution in [1.82, 2.24) is 0 Å². The summed E-state index contributed by atoms with van der Waals surface area (Å²) >= 11 is 0. The number of hydrazone groups is 2. The fourth-order valence-electron chi connectivity index (χ4n) is 9.63. The van der Waals surface area contributed by atoms with E-state index in [0.717, 1.165) is 84.4 Å². The Morgan fingerprint density at radius 2 is 0.729 bits per heavy atom. The van der Waals surface area contributed by atoms with Gasteiger partial charge in [-0.2, -0.15) is 19.4 Å². The lowest BCUT2D eigenvalue weighted by Crippen LogP contribution is -3.00. The van der Waals surface area contributed by atoms with E-state index in [9.17, 15) is 0 Å². The smallest absolute Gasteiger partial charge is 0.212 e. The highest BCUT2D eigenvalue weighted by Gasteiger charge is 2.46. The zero-order valence-corrected chi connectivity index (χ0v) is 43.9. The van der Waals surface area contributed by atoms with Gasteiger partial charge in [0.2, 0.25) is 22.8 Å². The van der Waals surface area contributed by atoms with Crippen molar-refractivity contribution in [1.29, 1.82) is 0 Å². The Kier molecular flexibility index (Phi) is 17.2. The molecule has 12 heteroatoms. The van der Waals surface area contributed by atoms with Gasteiger partial charge in [0.05, 0.1) is 36.4 Å². The van der Waals surface area contributed by atoms with Gasteiger partial charge in [-0.3, -0.25) is 10.0 Å². The Labute approximate surface area is 428 Å². The fourth-order valence-corrected chi connectivity index (χ4v) is 9.63. The summed E-state index contributed by atoms with van der Waals surface area (Å²) in [6.45, 7) is 11.2. The molecule has 0 aromatic heterocycles. The van der Waals surface area contributed by atoms with Crippen LogP contribution in [0, 0.1) is 0 Å². The minimum atomic E-state index is -0.179. The maximum absolute atomic E-state index is 5.35. The molecule has 2 aliphatic rings. The fraction of sp³-hybridized carbons (Fsp3) is 0.310. The first-order valence-corrected chi connectivity index (χ1v) is 23.8. The van der Waals surface area contributed by atoms with Crippen LogP contribution in [0.4, 0.5) is 45.5 Å². The van der Waals surface area contributed by atoms with Crippen LogP contribution in [0.3, 0.4) is 0 Å². The van der Waals surface area contributed by atoms with Crippen LogP contribution < -0.4 is 54.1 Å². The lowest BCUT2D eigenvalue weighted by Gasteiger charge is -2.21. The van der Waals surface area contributed by atoms with E-state index < -0.39 is 0 Å². The normalized spacial score (nSPS) is 14.3. The molecule has 10 nitrogen and oxygen atoms in total. The zero-order valence-electron chi connectivity index (χ0n) is 42.4. The highest BCUT2D eigenvalue weighted by atomic mass is 35.5. The van der Waals surface area contributed by atoms with E-state index in [2.05, 4.69) is 194 Å². The van der Waals surface area contributed by atoms with Gasteiger partial charge in [-0.05, 0) is 138 Å². The van der Waals surface area contributed by atoms with Crippen LogP contribution in [0.15, 0.2) is 156 Å². The molecule has 0 bridgehead atoms. The van der Waals surface area contributed by atoms with Gasteiger partial charge in [-0.15, -0.1) is 0 Å². The number of benzene rings is 6. The molecule has 0 spiro atoms. The molecule has 0 atom stereocenters. The predicted octanol–water partition coefficient (Wildman–Crippen LogP) is 6.51. The molecule has 0 saturated heterocycles. The highest BCUT2D eigenvalue weighted by molar-refractivity contribution is 6.34. The van der Waals surface area contributed by atoms with Gasteiger partial charge >= 0.3 is 0 Å². The number of hydrogen-bond donors (Lipinski definition) is 0. The number of rotatable bonds is 19. The molecular formula is C58H68Cl2N8O2. The Bertz CT molecular complexity index is 2630. The van der Waals surface area contributed by atoms with Crippen molar-refractivity contribution < 1.29 is 43.4 Å². The molecular weight excluding hydrogens is 912 g/mol. The average Bonchev–Trinajstić information content (AvgIpc) is 3.73. The second-order valence-electron chi connectivity index (χ2n) is 18.9. The standard InChI is InChI=1S/C58H68N8O2.2ClH/c1-57(2)51-19-13-15-21-53(51)65(55(57)41-59-63(7)47-27-23-43(24-28-47)61(5)45-31-35-49(67-9)36-32-45)39-17-11-12-18-40-66-54-22-16-14-20-52(54)58(3,4)56(66)42-60-64(8)48-29-25-44(26-30-48)62(6)46-33-37-50(68-10)38-34-46;;/h13-16,19-38,41-42H,11-12,17-18,39-40H2,1-10H3;2*1H/q+2;;/p-2. The molecule has 366 valence electrons. The van der Waals surface area contributed by atoms with Crippen LogP contribution in [0.25, 0.3) is 0 Å². The Hall–Kier alpha value is -6.62. The number of ether oxygens (including phenoxy) is 2. The molecule has 8 rings (SSSR count). The Balaban J connectivity index is 0.00000402. The molecule has 6 aromatic carbocycles. The summed E-state index contributed by atoms with van der Waals surface area (Å²) in [5, 5.41) is 14.0. The lowest BCUT2D eigenvalue weighted by molar-refractivity contribution is -0.439. The van der Waals surface area contributed by atoms with Crippen LogP contribution in [0.2, 0.25) is 0 Å². The molecule has 70 heavy (non-hydrogen) atoms. The summed E-state index contributed by atoms with van der Waals surface area (Å²) in [4.78, 5) is 4.34. The Morgan fingerprint density at radius 3 is 1.06 bits per heavy atom. The third-order valence-corrected chi connectivity index (χ3v) is 14.0. The maximum Gasteiger partial charge on any atom is 0.212 e. The van der Waals surface area contributed by atoms with Gasteiger partial charge in [0.1, 0.15) is 37.0 Å². The van der Waals surface area contributed by atoms with Gasteiger partial charge in [0, 0.05) is 87.0 Å². The van der Waals surface area contributed by atoms with Crippen molar-refractivity contribution in [2.75, 3.05) is 75.3 Å². The van der Waals surface area contributed by atoms with E-state index in [1.807, 2.05) is 48.4 Å². The van der Waals surface area contributed by atoms with E-state index >= 15 is 0 Å². The minimum Gasteiger partial charge on any atom is -1.00 e. The van der Waals surface area contributed by atoms with Gasteiger partial charge in [0.25, 0.3) is 0 Å². The van der Waals surface area contributed by atoms with Crippen LogP contribution in [0.1, 0.15) is 64.5 Å². The first-order valence-electron chi connectivity index (χ1n) is 23.8. The zero-order chi connectivity index (χ0) is 48.0. The lowest BCUT2D eigenvalue weighted by atomic mass is 9.82. The first-order chi connectivity index (χ1) is 32.8. The van der Waals surface area contributed by atoms with Crippen molar-refractivity contribution in [3.63, 3.8) is 0 Å². The number of para-hydroxylation sites is 2. The summed E-state index contributed by atoms with van der Waals surface area (Å²) in [5.41, 5.74) is 13.8. The molecule has 0 saturated carbocycles. The molecule has 0 amide bonds. The number of halogens is 2. The SMILES string of the molecule is COc1ccc(N(C)c2ccc(N(C)N=CC3=[N+](CCCCCC[N+]4=C(C=NN(C)c5ccc(N(C)c6ccc(OC)cc6)cc5)C(C)(C)c5ccccc54)c4ccccc4C3(C)C)cc2)cc1.[Cl-].[Cl-]. The summed E-state index contributed by atoms with van der Waals surface area (Å²) in [6, 6.07) is 51.0. The molecule has 0 N–H and O–H groups in total. The number of hydrogen-bond acceptors (Lipinski definition) is 8. The number of anilines is 6. The summed E-state index contributed by atoms with van der Waals surface area (Å²) in [7, 11) is 11.6. The number of nitrogens with zero attached hydrogens (tertiary/aromatic N) is 8. The minimum absolute atomic E-state index is 0. The number of methoxy groups -OCH3 is 2. The first kappa shape index (κ1) is 52.7. The van der Waals surface area contributed by atoms with E-state index in [0.29, 0.717) is 0 Å². The van der Waals surface area contributed by atoms with E-state index in [1.54, 1.807) is 14.2 Å². The van der Waals surface area contributed by atoms with Crippen molar-refractivity contribution in [2.24, 2.45) is 10.2 Å². The van der Waals surface area contributed by atoms with Crippen molar-refractivity contribution in [3.05, 3.63) is 157 Å². The molecule has 0 unspecified atom stereocenters. The average molecular weight is 980 g/mol. The van der Waals surface area contributed by atoms with E-state index in [4.69, 9.17) is 19.7 Å². The largest absolute Gasteiger partial charge is 1.00 e. The quantitative estimate of drug-likeness (QED) is 0.0400. The van der Waals surface area contributed by atoms with Crippen LogP contribution in [-0.4, -0.2) is 88.5 Å². The van der Waals surface area contributed by atoms with Gasteiger partial charge in [-0.1, -0.05) is 36.4 Å². The second kappa shape index (κ2) is 22.9. The third-order valence-electron chi connectivity index (χ3n) is 14.0. The molecule has 0 aliphatic carbocycles. The third kappa shape index (κ3) is 11.0. The molecule has 6 aromatic rings. The van der Waals surface area contributed by atoms with Crippen molar-refractivity contribution in [3.8, 4) is 11.5 Å². The summed E-state index contributed by atoms with van der Waals surface area (Å²) < 4.78 is 15.7. The van der Waals surface area contributed by atoms with Crippen LogP contribution >= 0.6 is 0 Å². The van der Waals surface area contributed by atoms with Crippen molar-refractivity contribution in [2.45, 2.75) is 64.2 Å².